The van der Waals surface area contributed by atoms with E-state index < -0.39 is 11.2 Å². The highest BCUT2D eigenvalue weighted by atomic mass is 32.1. The Bertz CT molecular complexity index is 552. The maximum Gasteiger partial charge on any atom is 0.443 e. The molecule has 2 heterocycles. The molecule has 2 aromatic rings. The molecule has 0 radical (unpaired) electrons. The molecule has 2 nitrogen and oxygen atoms in total. The van der Waals surface area contributed by atoms with Crippen LogP contribution in [0.4, 0.5) is 13.2 Å². The highest BCUT2D eigenvalue weighted by molar-refractivity contribution is 7.13. The molecule has 1 unspecified atom stereocenters. The lowest BCUT2D eigenvalue weighted by Crippen LogP contribution is -2.15. The Morgan fingerprint density at radius 2 is 1.89 bits per heavy atom. The fraction of sp³-hybridized carbons (Fsp3) is 0.417. The molecule has 104 valence electrons. The minimum Gasteiger partial charge on any atom is -0.308 e. The second kappa shape index (κ2) is 5.22. The molecule has 0 bridgehead atoms. The number of hydrogen-bond acceptors (Lipinski definition) is 4. The average molecular weight is 306 g/mol. The number of nitrogens with zero attached hydrogens (tertiary/aromatic N) is 1. The smallest absolute Gasteiger partial charge is 0.308 e. The maximum absolute atomic E-state index is 12.6. The van der Waals surface area contributed by atoms with Gasteiger partial charge in [-0.25, -0.2) is 4.98 Å². The quantitative estimate of drug-likeness (QED) is 0.921. The molecular formula is C12H13F3N2S2. The van der Waals surface area contributed by atoms with Gasteiger partial charge >= 0.3 is 6.18 Å². The lowest BCUT2D eigenvalue weighted by atomic mass is 10.2. The fourth-order valence-electron chi connectivity index (χ4n) is 1.72. The van der Waals surface area contributed by atoms with E-state index in [2.05, 4.69) is 10.3 Å². The van der Waals surface area contributed by atoms with Gasteiger partial charge in [0.05, 0.1) is 6.04 Å². The zero-order valence-electron chi connectivity index (χ0n) is 10.6. The molecule has 0 aliphatic carbocycles. The van der Waals surface area contributed by atoms with Crippen LogP contribution in [0.5, 0.6) is 0 Å². The molecule has 2 rings (SSSR count). The van der Waals surface area contributed by atoms with Crippen molar-refractivity contribution in [2.24, 2.45) is 0 Å². The molecule has 1 atom stereocenters. The van der Waals surface area contributed by atoms with E-state index in [4.69, 9.17) is 0 Å². The normalized spacial score (nSPS) is 13.8. The molecule has 0 aliphatic heterocycles. The zero-order valence-corrected chi connectivity index (χ0v) is 12.3. The van der Waals surface area contributed by atoms with Gasteiger partial charge < -0.3 is 5.32 Å². The number of rotatable bonds is 3. The SMILES string of the molecule is CNC(c1cnc(C(F)(F)F)s1)c1cc(C)c(C)s1. The van der Waals surface area contributed by atoms with Gasteiger partial charge in [-0.15, -0.1) is 22.7 Å². The molecule has 0 fully saturated rings. The Hall–Kier alpha value is -0.920. The molecule has 7 heteroatoms. The molecule has 0 saturated carbocycles. The summed E-state index contributed by atoms with van der Waals surface area (Å²) in [6.07, 6.45) is -3.07. The highest BCUT2D eigenvalue weighted by Gasteiger charge is 2.35. The summed E-state index contributed by atoms with van der Waals surface area (Å²) in [6.45, 7) is 4.00. The molecule has 2 aromatic heterocycles. The highest BCUT2D eigenvalue weighted by Crippen LogP contribution is 2.37. The van der Waals surface area contributed by atoms with Crippen LogP contribution in [0.15, 0.2) is 12.3 Å². The van der Waals surface area contributed by atoms with Gasteiger partial charge in [-0.05, 0) is 32.5 Å². The Morgan fingerprint density at radius 3 is 2.32 bits per heavy atom. The first kappa shape index (κ1) is 14.5. The predicted molar refractivity (Wildman–Crippen MR) is 71.8 cm³/mol. The van der Waals surface area contributed by atoms with E-state index in [1.165, 1.54) is 11.1 Å². The third kappa shape index (κ3) is 2.98. The van der Waals surface area contributed by atoms with E-state index in [-0.39, 0.29) is 6.04 Å². The van der Waals surface area contributed by atoms with Crippen LogP contribution in [0.25, 0.3) is 0 Å². The van der Waals surface area contributed by atoms with Crippen LogP contribution >= 0.6 is 22.7 Å². The van der Waals surface area contributed by atoms with Crippen LogP contribution in [-0.4, -0.2) is 12.0 Å². The van der Waals surface area contributed by atoms with Gasteiger partial charge in [-0.1, -0.05) is 0 Å². The van der Waals surface area contributed by atoms with Gasteiger partial charge in [0.2, 0.25) is 0 Å². The molecule has 0 saturated heterocycles. The van der Waals surface area contributed by atoms with E-state index in [1.807, 2.05) is 19.9 Å². The molecule has 19 heavy (non-hydrogen) atoms. The van der Waals surface area contributed by atoms with Gasteiger partial charge in [-0.2, -0.15) is 13.2 Å². The van der Waals surface area contributed by atoms with Crippen molar-refractivity contribution >= 4 is 22.7 Å². The maximum atomic E-state index is 12.6. The van der Waals surface area contributed by atoms with Gasteiger partial charge in [0.25, 0.3) is 0 Å². The van der Waals surface area contributed by atoms with E-state index >= 15 is 0 Å². The van der Waals surface area contributed by atoms with Crippen LogP contribution < -0.4 is 5.32 Å². The fourth-order valence-corrected chi connectivity index (χ4v) is 3.88. The first-order chi connectivity index (χ1) is 8.82. The molecule has 0 spiro atoms. The molecule has 0 aliphatic rings. The summed E-state index contributed by atoms with van der Waals surface area (Å²) in [5.74, 6) is 0. The number of nitrogens with one attached hydrogen (secondary N) is 1. The summed E-state index contributed by atoms with van der Waals surface area (Å²) in [6, 6.07) is 1.78. The minimum atomic E-state index is -4.37. The summed E-state index contributed by atoms with van der Waals surface area (Å²) in [5, 5.41) is 2.26. The van der Waals surface area contributed by atoms with Crippen LogP contribution in [0.1, 0.15) is 31.2 Å². The van der Waals surface area contributed by atoms with Crippen molar-refractivity contribution in [3.63, 3.8) is 0 Å². The summed E-state index contributed by atoms with van der Waals surface area (Å²) in [5.41, 5.74) is 1.15. The standard InChI is InChI=1S/C12H13F3N2S2/c1-6-4-8(18-7(6)2)10(16-3)9-5-17-11(19-9)12(13,14)15/h4-5,10,16H,1-3H3. The van der Waals surface area contributed by atoms with Crippen LogP contribution in [0, 0.1) is 13.8 Å². The third-order valence-corrected chi connectivity index (χ3v) is 5.13. The van der Waals surface area contributed by atoms with Crippen molar-refractivity contribution in [3.05, 3.63) is 37.5 Å². The van der Waals surface area contributed by atoms with E-state index in [9.17, 15) is 13.2 Å². The number of hydrogen-bond donors (Lipinski definition) is 1. The first-order valence-corrected chi connectivity index (χ1v) is 7.23. The average Bonchev–Trinajstić information content (AvgIpc) is 2.88. The monoisotopic (exact) mass is 306 g/mol. The van der Waals surface area contributed by atoms with Crippen molar-refractivity contribution in [1.82, 2.24) is 10.3 Å². The van der Waals surface area contributed by atoms with Crippen LogP contribution in [-0.2, 0) is 6.18 Å². The Kier molecular flexibility index (Phi) is 3.98. The van der Waals surface area contributed by atoms with Gasteiger partial charge in [0, 0.05) is 20.8 Å². The van der Waals surface area contributed by atoms with Crippen molar-refractivity contribution in [1.29, 1.82) is 0 Å². The number of thiazole rings is 1. The van der Waals surface area contributed by atoms with E-state index in [0.717, 1.165) is 10.4 Å². The number of aryl methyl sites for hydroxylation is 2. The summed E-state index contributed by atoms with van der Waals surface area (Å²) < 4.78 is 37.7. The molecule has 1 N–H and O–H groups in total. The minimum absolute atomic E-state index is 0.231. The van der Waals surface area contributed by atoms with E-state index in [0.29, 0.717) is 16.2 Å². The Morgan fingerprint density at radius 1 is 1.21 bits per heavy atom. The lowest BCUT2D eigenvalue weighted by molar-refractivity contribution is -0.137. The zero-order chi connectivity index (χ0) is 14.2. The number of halogens is 3. The van der Waals surface area contributed by atoms with Crippen LogP contribution in [0.3, 0.4) is 0 Å². The largest absolute Gasteiger partial charge is 0.443 e. The predicted octanol–water partition coefficient (Wildman–Crippen LogP) is 4.15. The first-order valence-electron chi connectivity index (χ1n) is 5.60. The Labute approximate surface area is 117 Å². The van der Waals surface area contributed by atoms with Gasteiger partial charge in [0.1, 0.15) is 0 Å². The van der Waals surface area contributed by atoms with Gasteiger partial charge in [0.15, 0.2) is 5.01 Å². The molecular weight excluding hydrogens is 293 g/mol. The summed E-state index contributed by atoms with van der Waals surface area (Å²) in [4.78, 5) is 6.23. The van der Waals surface area contributed by atoms with Gasteiger partial charge in [-0.3, -0.25) is 0 Å². The van der Waals surface area contributed by atoms with Crippen molar-refractivity contribution in [3.8, 4) is 0 Å². The number of thiophene rings is 1. The van der Waals surface area contributed by atoms with Crippen molar-refractivity contribution in [2.45, 2.75) is 26.1 Å². The van der Waals surface area contributed by atoms with E-state index in [1.54, 1.807) is 18.4 Å². The summed E-state index contributed by atoms with van der Waals surface area (Å²) >= 11 is 2.28. The van der Waals surface area contributed by atoms with Crippen molar-refractivity contribution in [2.75, 3.05) is 7.05 Å². The number of alkyl halides is 3. The second-order valence-electron chi connectivity index (χ2n) is 4.18. The second-order valence-corrected chi connectivity index (χ2v) is 6.53. The molecule has 0 amide bonds. The van der Waals surface area contributed by atoms with Crippen molar-refractivity contribution < 1.29 is 13.2 Å². The topological polar surface area (TPSA) is 24.9 Å². The number of aromatic nitrogens is 1. The Balaban J connectivity index is 2.35. The molecule has 0 aromatic carbocycles. The third-order valence-electron chi connectivity index (χ3n) is 2.81. The van der Waals surface area contributed by atoms with Crippen LogP contribution in [0.2, 0.25) is 0 Å². The summed E-state index contributed by atoms with van der Waals surface area (Å²) in [7, 11) is 1.74. The lowest BCUT2D eigenvalue weighted by Gasteiger charge is -2.11.